The molecule has 0 spiro atoms. The molecule has 25 heavy (non-hydrogen) atoms. The first kappa shape index (κ1) is 15.5. The molecule has 3 fully saturated rings. The van der Waals surface area contributed by atoms with Gasteiger partial charge in [-0.05, 0) is 37.5 Å². The summed E-state index contributed by atoms with van der Waals surface area (Å²) in [6, 6.07) is 7.16. The Morgan fingerprint density at radius 1 is 1.32 bits per heavy atom. The lowest BCUT2D eigenvalue weighted by Crippen LogP contribution is -2.42. The fourth-order valence-corrected chi connectivity index (χ4v) is 5.18. The van der Waals surface area contributed by atoms with E-state index in [1.54, 1.807) is 11.3 Å². The quantitative estimate of drug-likeness (QED) is 0.875. The highest BCUT2D eigenvalue weighted by Gasteiger charge is 2.39. The van der Waals surface area contributed by atoms with Gasteiger partial charge in [-0.1, -0.05) is 11.3 Å². The van der Waals surface area contributed by atoms with Crippen LogP contribution in [0.5, 0.6) is 0 Å². The molecule has 6 nitrogen and oxygen atoms in total. The minimum Gasteiger partial charge on any atom is -0.378 e. The molecule has 1 amide bonds. The molecule has 2 bridgehead atoms. The number of nitrogens with one attached hydrogen (secondary N) is 2. The number of benzene rings is 1. The topological polar surface area (TPSA) is 66.5 Å². The molecule has 3 atom stereocenters. The van der Waals surface area contributed by atoms with Crippen LogP contribution in [-0.2, 0) is 4.74 Å². The summed E-state index contributed by atoms with van der Waals surface area (Å²) in [5.41, 5.74) is 1.61. The van der Waals surface area contributed by atoms with Crippen LogP contribution in [0.25, 0.3) is 10.2 Å². The zero-order valence-electron chi connectivity index (χ0n) is 14.0. The average Bonchev–Trinajstić information content (AvgIpc) is 3.36. The standard InChI is InChI=1S/C18H22N4O2S/c23-17(20-14-10-12-2-3-13(14)19-12)11-1-4-16-15(9-11)21-18(25-16)22-5-7-24-8-6-22/h1,4,9,12-14,19H,2-3,5-8,10H2,(H,20,23)/t12-,13+,14-/m1/s1. The third-order valence-electron chi connectivity index (χ3n) is 5.54. The molecule has 0 aliphatic carbocycles. The average molecular weight is 358 g/mol. The van der Waals surface area contributed by atoms with E-state index in [4.69, 9.17) is 9.72 Å². The number of thiazole rings is 1. The lowest BCUT2D eigenvalue weighted by Gasteiger charge is -2.25. The number of rotatable bonds is 3. The summed E-state index contributed by atoms with van der Waals surface area (Å²) >= 11 is 1.68. The summed E-state index contributed by atoms with van der Waals surface area (Å²) in [5, 5.41) is 7.79. The molecule has 2 N–H and O–H groups in total. The van der Waals surface area contributed by atoms with Crippen LogP contribution in [0, 0.1) is 0 Å². The molecule has 2 aromatic rings. The van der Waals surface area contributed by atoms with Crippen LogP contribution in [-0.4, -0.2) is 55.3 Å². The molecule has 4 heterocycles. The van der Waals surface area contributed by atoms with Crippen molar-refractivity contribution in [1.82, 2.24) is 15.6 Å². The highest BCUT2D eigenvalue weighted by molar-refractivity contribution is 7.22. The summed E-state index contributed by atoms with van der Waals surface area (Å²) < 4.78 is 6.53. The highest BCUT2D eigenvalue weighted by atomic mass is 32.1. The fourth-order valence-electron chi connectivity index (χ4n) is 4.18. The van der Waals surface area contributed by atoms with Crippen molar-refractivity contribution in [2.24, 2.45) is 0 Å². The van der Waals surface area contributed by atoms with Crippen LogP contribution in [0.2, 0.25) is 0 Å². The van der Waals surface area contributed by atoms with E-state index in [9.17, 15) is 4.79 Å². The number of carbonyl (C=O) groups is 1. The molecule has 0 radical (unpaired) electrons. The minimum absolute atomic E-state index is 0.0159. The van der Waals surface area contributed by atoms with Crippen LogP contribution in [0.3, 0.4) is 0 Å². The molecule has 0 saturated carbocycles. The second-order valence-corrected chi connectivity index (χ2v) is 8.15. The molecule has 132 valence electrons. The molecule has 0 unspecified atom stereocenters. The predicted molar refractivity (Wildman–Crippen MR) is 98.5 cm³/mol. The summed E-state index contributed by atoms with van der Waals surface area (Å²) in [5.74, 6) is 0.0159. The molecule has 3 aliphatic rings. The van der Waals surface area contributed by atoms with Crippen LogP contribution >= 0.6 is 11.3 Å². The number of aromatic nitrogens is 1. The Labute approximate surface area is 150 Å². The molecular formula is C18H22N4O2S. The maximum atomic E-state index is 12.6. The number of hydrogen-bond donors (Lipinski definition) is 2. The molecule has 7 heteroatoms. The normalized spacial score (nSPS) is 28.6. The van der Waals surface area contributed by atoms with Crippen LogP contribution in [0.4, 0.5) is 5.13 Å². The third-order valence-corrected chi connectivity index (χ3v) is 6.63. The Morgan fingerprint density at radius 2 is 2.20 bits per heavy atom. The maximum Gasteiger partial charge on any atom is 0.251 e. The second kappa shape index (κ2) is 6.23. The first-order chi connectivity index (χ1) is 12.3. The van der Waals surface area contributed by atoms with Gasteiger partial charge in [0.25, 0.3) is 5.91 Å². The van der Waals surface area contributed by atoms with Crippen molar-refractivity contribution in [3.05, 3.63) is 23.8 Å². The van der Waals surface area contributed by atoms with Gasteiger partial charge in [-0.25, -0.2) is 4.98 Å². The molecule has 5 rings (SSSR count). The van der Waals surface area contributed by atoms with E-state index in [0.29, 0.717) is 17.6 Å². The first-order valence-electron chi connectivity index (χ1n) is 9.06. The van der Waals surface area contributed by atoms with Crippen molar-refractivity contribution in [3.63, 3.8) is 0 Å². The Morgan fingerprint density at radius 3 is 2.96 bits per heavy atom. The van der Waals surface area contributed by atoms with Crippen molar-refractivity contribution < 1.29 is 9.53 Å². The van der Waals surface area contributed by atoms with Gasteiger partial charge >= 0.3 is 0 Å². The van der Waals surface area contributed by atoms with Gasteiger partial charge in [0.2, 0.25) is 0 Å². The van der Waals surface area contributed by atoms with Crippen LogP contribution in [0.15, 0.2) is 18.2 Å². The van der Waals surface area contributed by atoms with E-state index in [1.807, 2.05) is 18.2 Å². The number of anilines is 1. The van der Waals surface area contributed by atoms with Crippen molar-refractivity contribution in [1.29, 1.82) is 0 Å². The monoisotopic (exact) mass is 358 g/mol. The lowest BCUT2D eigenvalue weighted by molar-refractivity contribution is 0.0931. The molecule has 1 aromatic heterocycles. The van der Waals surface area contributed by atoms with E-state index in [0.717, 1.165) is 48.1 Å². The fraction of sp³-hybridized carbons (Fsp3) is 0.556. The van der Waals surface area contributed by atoms with Crippen molar-refractivity contribution in [2.75, 3.05) is 31.2 Å². The Balaban J connectivity index is 1.34. The van der Waals surface area contributed by atoms with E-state index in [-0.39, 0.29) is 11.9 Å². The van der Waals surface area contributed by atoms with Gasteiger partial charge < -0.3 is 20.3 Å². The molecule has 3 aliphatic heterocycles. The summed E-state index contributed by atoms with van der Waals surface area (Å²) in [6.07, 6.45) is 3.46. The Kier molecular flexibility index (Phi) is 3.87. The van der Waals surface area contributed by atoms with Gasteiger partial charge in [0.15, 0.2) is 5.13 Å². The van der Waals surface area contributed by atoms with E-state index < -0.39 is 0 Å². The number of carbonyl (C=O) groups excluding carboxylic acids is 1. The van der Waals surface area contributed by atoms with Gasteiger partial charge in [-0.2, -0.15) is 0 Å². The van der Waals surface area contributed by atoms with E-state index in [1.165, 1.54) is 12.8 Å². The SMILES string of the molecule is O=C(N[C@@H]1C[C@H]2CC[C@@H]1N2)c1ccc2sc(N3CCOCC3)nc2c1. The zero-order chi connectivity index (χ0) is 16.8. The number of amides is 1. The largest absolute Gasteiger partial charge is 0.378 e. The Bertz CT molecular complexity index is 801. The predicted octanol–water partition coefficient (Wildman–Crippen LogP) is 1.76. The lowest BCUT2D eigenvalue weighted by atomic mass is 9.95. The first-order valence-corrected chi connectivity index (χ1v) is 9.88. The number of hydrogen-bond acceptors (Lipinski definition) is 6. The maximum absolute atomic E-state index is 12.6. The molecular weight excluding hydrogens is 336 g/mol. The van der Waals surface area contributed by atoms with E-state index >= 15 is 0 Å². The van der Waals surface area contributed by atoms with Gasteiger partial charge in [0.1, 0.15) is 0 Å². The second-order valence-electron chi connectivity index (χ2n) is 7.14. The van der Waals surface area contributed by atoms with Crippen molar-refractivity contribution >= 4 is 32.6 Å². The molecule has 3 saturated heterocycles. The number of fused-ring (bicyclic) bond motifs is 3. The smallest absolute Gasteiger partial charge is 0.251 e. The van der Waals surface area contributed by atoms with Gasteiger partial charge in [-0.3, -0.25) is 4.79 Å². The van der Waals surface area contributed by atoms with Gasteiger partial charge in [0.05, 0.1) is 23.4 Å². The highest BCUT2D eigenvalue weighted by Crippen LogP contribution is 2.31. The zero-order valence-corrected chi connectivity index (χ0v) is 14.8. The minimum atomic E-state index is 0.0159. The van der Waals surface area contributed by atoms with Gasteiger partial charge in [-0.15, -0.1) is 0 Å². The number of morpholine rings is 1. The van der Waals surface area contributed by atoms with Crippen LogP contribution < -0.4 is 15.5 Å². The van der Waals surface area contributed by atoms with Gasteiger partial charge in [0, 0.05) is 36.8 Å². The van der Waals surface area contributed by atoms with Crippen molar-refractivity contribution in [3.8, 4) is 0 Å². The summed E-state index contributed by atoms with van der Waals surface area (Å²) in [7, 11) is 0. The third kappa shape index (κ3) is 2.90. The molecule has 1 aromatic carbocycles. The van der Waals surface area contributed by atoms with Crippen LogP contribution in [0.1, 0.15) is 29.6 Å². The summed E-state index contributed by atoms with van der Waals surface area (Å²) in [4.78, 5) is 19.6. The van der Waals surface area contributed by atoms with E-state index in [2.05, 4.69) is 15.5 Å². The number of nitrogens with zero attached hydrogens (tertiary/aromatic N) is 2. The Hall–Kier alpha value is -1.70. The van der Waals surface area contributed by atoms with Crippen molar-refractivity contribution in [2.45, 2.75) is 37.4 Å². The number of ether oxygens (including phenoxy) is 1. The summed E-state index contributed by atoms with van der Waals surface area (Å²) in [6.45, 7) is 3.26.